The zero-order valence-electron chi connectivity index (χ0n) is 11.3. The molecular weight excluding hydrogens is 240 g/mol. The molecule has 19 heavy (non-hydrogen) atoms. The van der Waals surface area contributed by atoms with E-state index < -0.39 is 0 Å². The van der Waals surface area contributed by atoms with Crippen LogP contribution in [0.3, 0.4) is 0 Å². The molecule has 0 aliphatic carbocycles. The van der Waals surface area contributed by atoms with Crippen molar-refractivity contribution in [1.82, 2.24) is 15.0 Å². The molecule has 0 amide bonds. The second-order valence-corrected chi connectivity index (χ2v) is 4.30. The zero-order valence-corrected chi connectivity index (χ0v) is 11.3. The maximum Gasteiger partial charge on any atom is 0.189 e. The summed E-state index contributed by atoms with van der Waals surface area (Å²) in [5.74, 6) is 0.827. The van der Waals surface area contributed by atoms with Crippen LogP contribution in [-0.2, 0) is 13.2 Å². The maximum absolute atomic E-state index is 9.00. The highest BCUT2D eigenvalue weighted by Gasteiger charge is 2.12. The smallest absolute Gasteiger partial charge is 0.189 e. The highest BCUT2D eigenvalue weighted by molar-refractivity contribution is 5.38. The van der Waals surface area contributed by atoms with Crippen LogP contribution in [0.5, 0.6) is 5.75 Å². The average molecular weight is 256 g/mol. The topological polar surface area (TPSA) is 63.7 Å². The van der Waals surface area contributed by atoms with E-state index in [2.05, 4.69) is 10.3 Å². The molecule has 1 aromatic carbocycles. The van der Waals surface area contributed by atoms with Crippen LogP contribution in [0, 0.1) is 25.2 Å². The van der Waals surface area contributed by atoms with E-state index in [9.17, 15) is 0 Å². The van der Waals surface area contributed by atoms with Crippen LogP contribution in [0.2, 0.25) is 0 Å². The average Bonchev–Trinajstić information content (AvgIpc) is 2.82. The Kier molecular flexibility index (Phi) is 3.81. The van der Waals surface area contributed by atoms with Gasteiger partial charge in [0.1, 0.15) is 24.1 Å². The lowest BCUT2D eigenvalue weighted by molar-refractivity contribution is 0.290. The van der Waals surface area contributed by atoms with E-state index in [1.807, 2.05) is 45.0 Å². The van der Waals surface area contributed by atoms with Crippen LogP contribution in [0.1, 0.15) is 29.4 Å². The van der Waals surface area contributed by atoms with Crippen molar-refractivity contribution in [2.75, 3.05) is 0 Å². The van der Waals surface area contributed by atoms with Crippen LogP contribution in [-0.4, -0.2) is 15.0 Å². The molecule has 0 aliphatic rings. The van der Waals surface area contributed by atoms with Gasteiger partial charge in [0.15, 0.2) is 5.69 Å². The first kappa shape index (κ1) is 13.1. The van der Waals surface area contributed by atoms with Crippen molar-refractivity contribution < 1.29 is 4.74 Å². The summed E-state index contributed by atoms with van der Waals surface area (Å²) in [4.78, 5) is 0. The molecule has 2 rings (SSSR count). The second-order valence-electron chi connectivity index (χ2n) is 4.30. The van der Waals surface area contributed by atoms with Crippen molar-refractivity contribution in [3.63, 3.8) is 0 Å². The molecule has 0 fully saturated rings. The molecular formula is C14H16N4O. The molecule has 0 unspecified atom stereocenters. The molecule has 0 bridgehead atoms. The molecule has 5 heteroatoms. The van der Waals surface area contributed by atoms with E-state index in [-0.39, 0.29) is 0 Å². The number of hydrogen-bond donors (Lipinski definition) is 0. The molecule has 0 saturated carbocycles. The molecule has 98 valence electrons. The number of nitrogens with zero attached hydrogens (tertiary/aromatic N) is 4. The van der Waals surface area contributed by atoms with Crippen LogP contribution < -0.4 is 4.74 Å². The molecule has 0 saturated heterocycles. The predicted octanol–water partition coefficient (Wildman–Crippen LogP) is 2.37. The molecule has 0 N–H and O–H groups in total. The lowest BCUT2D eigenvalue weighted by Gasteiger charge is -2.11. The molecule has 0 radical (unpaired) electrons. The van der Waals surface area contributed by atoms with Gasteiger partial charge < -0.3 is 4.74 Å². The standard InChI is InChI=1S/C14H16N4O/c1-4-18-13(12(8-15)16-17-18)9-19-14-7-5-6-10(2)11(14)3/h5-7H,4,9H2,1-3H3. The van der Waals surface area contributed by atoms with E-state index >= 15 is 0 Å². The van der Waals surface area contributed by atoms with Crippen LogP contribution in [0.4, 0.5) is 0 Å². The maximum atomic E-state index is 9.00. The Hall–Kier alpha value is -2.35. The highest BCUT2D eigenvalue weighted by atomic mass is 16.5. The van der Waals surface area contributed by atoms with Gasteiger partial charge in [-0.15, -0.1) is 5.10 Å². The fraction of sp³-hybridized carbons (Fsp3) is 0.357. The van der Waals surface area contributed by atoms with Crippen molar-refractivity contribution in [3.8, 4) is 11.8 Å². The van der Waals surface area contributed by atoms with Gasteiger partial charge in [-0.1, -0.05) is 17.3 Å². The molecule has 1 aromatic heterocycles. The summed E-state index contributed by atoms with van der Waals surface area (Å²) in [5, 5.41) is 16.8. The summed E-state index contributed by atoms with van der Waals surface area (Å²) >= 11 is 0. The minimum atomic E-state index is 0.300. The van der Waals surface area contributed by atoms with Gasteiger partial charge in [-0.3, -0.25) is 0 Å². The van der Waals surface area contributed by atoms with Crippen molar-refractivity contribution in [2.24, 2.45) is 0 Å². The monoisotopic (exact) mass is 256 g/mol. The van der Waals surface area contributed by atoms with E-state index in [4.69, 9.17) is 10.00 Å². The number of aromatic nitrogens is 3. The summed E-state index contributed by atoms with van der Waals surface area (Å²) in [6.07, 6.45) is 0. The summed E-state index contributed by atoms with van der Waals surface area (Å²) in [7, 11) is 0. The Bertz CT molecular complexity index is 625. The predicted molar refractivity (Wildman–Crippen MR) is 70.7 cm³/mol. The Morgan fingerprint density at radius 2 is 2.16 bits per heavy atom. The van der Waals surface area contributed by atoms with E-state index in [1.165, 1.54) is 5.56 Å². The summed E-state index contributed by atoms with van der Waals surface area (Å²) in [5.41, 5.74) is 3.33. The van der Waals surface area contributed by atoms with Gasteiger partial charge in [-0.2, -0.15) is 5.26 Å². The normalized spacial score (nSPS) is 10.2. The molecule has 0 spiro atoms. The van der Waals surface area contributed by atoms with Gasteiger partial charge in [-0.25, -0.2) is 4.68 Å². The van der Waals surface area contributed by atoms with Gasteiger partial charge in [0.05, 0.1) is 0 Å². The SMILES string of the molecule is CCn1nnc(C#N)c1COc1cccc(C)c1C. The van der Waals surface area contributed by atoms with Crippen LogP contribution >= 0.6 is 0 Å². The van der Waals surface area contributed by atoms with Gasteiger partial charge in [0.25, 0.3) is 0 Å². The minimum absolute atomic E-state index is 0.300. The quantitative estimate of drug-likeness (QED) is 0.842. The van der Waals surface area contributed by atoms with Crippen LogP contribution in [0.25, 0.3) is 0 Å². The summed E-state index contributed by atoms with van der Waals surface area (Å²) in [6.45, 7) is 6.98. The Morgan fingerprint density at radius 1 is 1.37 bits per heavy atom. The number of ether oxygens (including phenoxy) is 1. The zero-order chi connectivity index (χ0) is 13.8. The van der Waals surface area contributed by atoms with Crippen LogP contribution in [0.15, 0.2) is 18.2 Å². The first-order valence-corrected chi connectivity index (χ1v) is 6.18. The van der Waals surface area contributed by atoms with Crippen molar-refractivity contribution in [2.45, 2.75) is 33.9 Å². The van der Waals surface area contributed by atoms with Crippen molar-refractivity contribution >= 4 is 0 Å². The molecule has 0 aliphatic heterocycles. The lowest BCUT2D eigenvalue weighted by atomic mass is 10.1. The Morgan fingerprint density at radius 3 is 2.84 bits per heavy atom. The van der Waals surface area contributed by atoms with Gasteiger partial charge in [0.2, 0.25) is 0 Å². The molecule has 0 atom stereocenters. The first-order chi connectivity index (χ1) is 9.17. The third kappa shape index (κ3) is 2.58. The van der Waals surface area contributed by atoms with Gasteiger partial charge in [-0.05, 0) is 38.0 Å². The second kappa shape index (κ2) is 5.53. The minimum Gasteiger partial charge on any atom is -0.487 e. The number of benzene rings is 1. The third-order valence-corrected chi connectivity index (χ3v) is 3.16. The van der Waals surface area contributed by atoms with Gasteiger partial charge in [0, 0.05) is 6.54 Å². The Balaban J connectivity index is 2.21. The molecule has 2 aromatic rings. The largest absolute Gasteiger partial charge is 0.487 e. The van der Waals surface area contributed by atoms with E-state index in [0.717, 1.165) is 11.3 Å². The number of hydrogen-bond acceptors (Lipinski definition) is 4. The van der Waals surface area contributed by atoms with Crippen molar-refractivity contribution in [3.05, 3.63) is 40.7 Å². The third-order valence-electron chi connectivity index (χ3n) is 3.16. The fourth-order valence-electron chi connectivity index (χ4n) is 1.84. The van der Waals surface area contributed by atoms with Gasteiger partial charge >= 0.3 is 0 Å². The van der Waals surface area contributed by atoms with E-state index in [1.54, 1.807) is 4.68 Å². The Labute approximate surface area is 112 Å². The van der Waals surface area contributed by atoms with E-state index in [0.29, 0.717) is 24.5 Å². The number of rotatable bonds is 4. The summed E-state index contributed by atoms with van der Waals surface area (Å²) < 4.78 is 7.48. The molecule has 5 nitrogen and oxygen atoms in total. The first-order valence-electron chi connectivity index (χ1n) is 6.18. The fourth-order valence-corrected chi connectivity index (χ4v) is 1.84. The number of aryl methyl sites for hydroxylation is 2. The lowest BCUT2D eigenvalue weighted by Crippen LogP contribution is -2.08. The number of nitriles is 1. The van der Waals surface area contributed by atoms with Crippen molar-refractivity contribution in [1.29, 1.82) is 5.26 Å². The molecule has 1 heterocycles. The summed E-state index contributed by atoms with van der Waals surface area (Å²) in [6, 6.07) is 7.96. The highest BCUT2D eigenvalue weighted by Crippen LogP contribution is 2.22.